The molecule has 0 N–H and O–H groups in total. The van der Waals surface area contributed by atoms with E-state index in [4.69, 9.17) is 11.6 Å². The van der Waals surface area contributed by atoms with Crippen LogP contribution in [0.15, 0.2) is 78.9 Å². The third-order valence-electron chi connectivity index (χ3n) is 7.42. The summed E-state index contributed by atoms with van der Waals surface area (Å²) < 4.78 is 0. The van der Waals surface area contributed by atoms with Gasteiger partial charge in [0, 0.05) is 59.2 Å². The first-order chi connectivity index (χ1) is 19.3. The Balaban J connectivity index is 1.36. The summed E-state index contributed by atoms with van der Waals surface area (Å²) in [5.74, 6) is -1.14. The van der Waals surface area contributed by atoms with Gasteiger partial charge in [0.1, 0.15) is 5.69 Å². The maximum Gasteiger partial charge on any atom is 0.293 e. The van der Waals surface area contributed by atoms with Crippen molar-refractivity contribution in [2.75, 3.05) is 31.1 Å². The molecule has 0 aromatic heterocycles. The Morgan fingerprint density at radius 1 is 0.850 bits per heavy atom. The Bertz CT molecular complexity index is 1680. The number of carbonyl (C=O) groups is 3. The van der Waals surface area contributed by atoms with E-state index < -0.39 is 16.7 Å². The standard InChI is InChI=1S/C30H23ClN4O5/c31-21-11-9-19(10-12-21)18-34-29(37)23-8-4-7-22-26(23)24(30(34)38)17-25(35(39)40)27(22)32-13-15-33(16-14-32)28(36)20-5-2-1-3-6-20/h1-12,17H,13-16,18H2. The van der Waals surface area contributed by atoms with Gasteiger partial charge in [-0.1, -0.05) is 54.1 Å². The number of carbonyl (C=O) groups excluding carboxylic acids is 3. The quantitative estimate of drug-likeness (QED) is 0.192. The molecule has 2 heterocycles. The lowest BCUT2D eigenvalue weighted by atomic mass is 9.91. The summed E-state index contributed by atoms with van der Waals surface area (Å²) in [6, 6.07) is 22.1. The van der Waals surface area contributed by atoms with E-state index in [-0.39, 0.29) is 23.7 Å². The van der Waals surface area contributed by atoms with Crippen LogP contribution in [0, 0.1) is 10.1 Å². The predicted octanol–water partition coefficient (Wildman–Crippen LogP) is 5.16. The van der Waals surface area contributed by atoms with Crippen molar-refractivity contribution in [2.24, 2.45) is 0 Å². The van der Waals surface area contributed by atoms with Crippen LogP contribution in [0.4, 0.5) is 11.4 Å². The lowest BCUT2D eigenvalue weighted by Crippen LogP contribution is -2.49. The highest BCUT2D eigenvalue weighted by molar-refractivity contribution is 6.30. The van der Waals surface area contributed by atoms with Crippen molar-refractivity contribution in [3.05, 3.63) is 116 Å². The van der Waals surface area contributed by atoms with Crippen molar-refractivity contribution >= 4 is 51.5 Å². The Labute approximate surface area is 234 Å². The van der Waals surface area contributed by atoms with Gasteiger partial charge in [-0.3, -0.25) is 29.4 Å². The van der Waals surface area contributed by atoms with Crippen LogP contribution in [0.5, 0.6) is 0 Å². The molecule has 0 aliphatic carbocycles. The van der Waals surface area contributed by atoms with E-state index in [1.54, 1.807) is 71.6 Å². The van der Waals surface area contributed by atoms with Gasteiger partial charge in [-0.25, -0.2) is 0 Å². The average molecular weight is 555 g/mol. The van der Waals surface area contributed by atoms with Crippen molar-refractivity contribution in [2.45, 2.75) is 6.54 Å². The minimum absolute atomic E-state index is 0.0115. The van der Waals surface area contributed by atoms with E-state index in [0.29, 0.717) is 64.4 Å². The molecule has 0 unspecified atom stereocenters. The number of nitro benzene ring substituents is 1. The van der Waals surface area contributed by atoms with Crippen LogP contribution in [-0.2, 0) is 6.54 Å². The van der Waals surface area contributed by atoms with Crippen LogP contribution in [0.1, 0.15) is 36.6 Å². The molecule has 0 atom stereocenters. The van der Waals surface area contributed by atoms with Gasteiger partial charge >= 0.3 is 0 Å². The summed E-state index contributed by atoms with van der Waals surface area (Å²) >= 11 is 5.98. The maximum absolute atomic E-state index is 13.6. The summed E-state index contributed by atoms with van der Waals surface area (Å²) in [5, 5.41) is 13.7. The third-order valence-corrected chi connectivity index (χ3v) is 7.67. The number of nitrogens with zero attached hydrogens (tertiary/aromatic N) is 4. The van der Waals surface area contributed by atoms with Gasteiger partial charge in [-0.05, 0) is 35.9 Å². The second-order valence-corrected chi connectivity index (χ2v) is 10.2. The van der Waals surface area contributed by atoms with Crippen LogP contribution in [0.3, 0.4) is 0 Å². The van der Waals surface area contributed by atoms with Crippen LogP contribution in [0.2, 0.25) is 5.02 Å². The fourth-order valence-electron chi connectivity index (χ4n) is 5.47. The second-order valence-electron chi connectivity index (χ2n) is 9.75. The molecule has 4 aromatic rings. The highest BCUT2D eigenvalue weighted by Gasteiger charge is 2.38. The van der Waals surface area contributed by atoms with Gasteiger partial charge in [0.05, 0.1) is 17.0 Å². The van der Waals surface area contributed by atoms with Crippen molar-refractivity contribution in [1.82, 2.24) is 9.80 Å². The molecule has 3 amide bonds. The van der Waals surface area contributed by atoms with Gasteiger partial charge in [-0.15, -0.1) is 0 Å². The number of hydrogen-bond donors (Lipinski definition) is 0. The zero-order valence-corrected chi connectivity index (χ0v) is 22.0. The number of piperazine rings is 1. The number of nitro groups is 1. The van der Waals surface area contributed by atoms with Crippen LogP contribution >= 0.6 is 11.6 Å². The lowest BCUT2D eigenvalue weighted by Gasteiger charge is -2.37. The highest BCUT2D eigenvalue weighted by atomic mass is 35.5. The Kier molecular flexibility index (Phi) is 6.43. The second kappa shape index (κ2) is 10.1. The van der Waals surface area contributed by atoms with Gasteiger partial charge < -0.3 is 9.80 Å². The molecular weight excluding hydrogens is 532 g/mol. The van der Waals surface area contributed by atoms with Crippen LogP contribution in [-0.4, -0.2) is 58.6 Å². The van der Waals surface area contributed by atoms with E-state index in [2.05, 4.69) is 0 Å². The van der Waals surface area contributed by atoms with Crippen LogP contribution in [0.25, 0.3) is 10.8 Å². The number of benzene rings is 4. The number of hydrogen-bond acceptors (Lipinski definition) is 6. The molecule has 2 aliphatic rings. The van der Waals surface area contributed by atoms with Gasteiger partial charge in [0.15, 0.2) is 0 Å². The predicted molar refractivity (Wildman–Crippen MR) is 151 cm³/mol. The highest BCUT2D eigenvalue weighted by Crippen LogP contribution is 2.42. The molecule has 1 saturated heterocycles. The molecule has 10 heteroatoms. The Hall–Kier alpha value is -4.76. The first kappa shape index (κ1) is 25.5. The molecule has 1 fully saturated rings. The fourth-order valence-corrected chi connectivity index (χ4v) is 5.59. The first-order valence-electron chi connectivity index (χ1n) is 12.8. The van der Waals surface area contributed by atoms with E-state index in [0.717, 1.165) is 4.90 Å². The van der Waals surface area contributed by atoms with Gasteiger partial charge in [0.2, 0.25) is 0 Å². The largest absolute Gasteiger partial charge is 0.362 e. The number of anilines is 1. The summed E-state index contributed by atoms with van der Waals surface area (Å²) in [5.41, 5.74) is 1.86. The van der Waals surface area contributed by atoms with Gasteiger partial charge in [0.25, 0.3) is 23.4 Å². The molecule has 0 spiro atoms. The summed E-state index contributed by atoms with van der Waals surface area (Å²) in [4.78, 5) is 56.6. The minimum atomic E-state index is -0.587. The molecule has 0 radical (unpaired) electrons. The molecule has 9 nitrogen and oxygen atoms in total. The number of halogens is 1. The maximum atomic E-state index is 13.6. The fraction of sp³-hybridized carbons (Fsp3) is 0.167. The third kappa shape index (κ3) is 4.34. The summed E-state index contributed by atoms with van der Waals surface area (Å²) in [7, 11) is 0. The molecule has 0 bridgehead atoms. The van der Waals surface area contributed by atoms with E-state index in [9.17, 15) is 24.5 Å². The molecule has 40 heavy (non-hydrogen) atoms. The Morgan fingerprint density at radius 3 is 2.20 bits per heavy atom. The summed E-state index contributed by atoms with van der Waals surface area (Å²) in [6.07, 6.45) is 0. The molecule has 4 aromatic carbocycles. The van der Waals surface area contributed by atoms with E-state index >= 15 is 0 Å². The van der Waals surface area contributed by atoms with Crippen molar-refractivity contribution in [3.63, 3.8) is 0 Å². The molecule has 200 valence electrons. The monoisotopic (exact) mass is 554 g/mol. The first-order valence-corrected chi connectivity index (χ1v) is 13.2. The van der Waals surface area contributed by atoms with Crippen molar-refractivity contribution < 1.29 is 19.3 Å². The summed E-state index contributed by atoms with van der Waals surface area (Å²) in [6.45, 7) is 1.49. The van der Waals surface area contributed by atoms with E-state index in [1.807, 2.05) is 11.0 Å². The molecule has 2 aliphatic heterocycles. The zero-order valence-electron chi connectivity index (χ0n) is 21.2. The number of rotatable bonds is 5. The van der Waals surface area contributed by atoms with Crippen LogP contribution < -0.4 is 4.90 Å². The number of amides is 3. The number of imide groups is 1. The molecule has 6 rings (SSSR count). The van der Waals surface area contributed by atoms with Gasteiger partial charge in [-0.2, -0.15) is 0 Å². The van der Waals surface area contributed by atoms with E-state index in [1.165, 1.54) is 6.07 Å². The topological polar surface area (TPSA) is 104 Å². The Morgan fingerprint density at radius 2 is 1.52 bits per heavy atom. The lowest BCUT2D eigenvalue weighted by molar-refractivity contribution is -0.384. The zero-order chi connectivity index (χ0) is 28.0. The SMILES string of the molecule is O=C(c1ccccc1)N1CCN(c2c([N+](=O)[O-])cc3c4c(cccc24)C(=O)N(Cc2ccc(Cl)cc2)C3=O)CC1. The normalized spacial score (nSPS) is 15.1. The minimum Gasteiger partial charge on any atom is -0.362 e. The smallest absolute Gasteiger partial charge is 0.293 e. The average Bonchev–Trinajstić information content (AvgIpc) is 2.98. The van der Waals surface area contributed by atoms with Crippen molar-refractivity contribution in [1.29, 1.82) is 0 Å². The van der Waals surface area contributed by atoms with Crippen molar-refractivity contribution in [3.8, 4) is 0 Å². The molecular formula is C30H23ClN4O5. The molecule has 0 saturated carbocycles.